The molecule has 26 heavy (non-hydrogen) atoms. The molecule has 1 aromatic heterocycles. The Labute approximate surface area is 156 Å². The largest absolute Gasteiger partial charge is 0.497 e. The summed E-state index contributed by atoms with van der Waals surface area (Å²) in [4.78, 5) is 11.8. The maximum absolute atomic E-state index is 5.34. The van der Waals surface area contributed by atoms with Crippen LogP contribution >= 0.6 is 0 Å². The topological polar surface area (TPSA) is 50.3 Å². The summed E-state index contributed by atoms with van der Waals surface area (Å²) >= 11 is 0. The first-order valence-corrected chi connectivity index (χ1v) is 9.44. The summed E-state index contributed by atoms with van der Waals surface area (Å²) in [5.41, 5.74) is 5.45. The van der Waals surface area contributed by atoms with Gasteiger partial charge in [-0.15, -0.1) is 0 Å². The summed E-state index contributed by atoms with van der Waals surface area (Å²) in [5, 5.41) is 3.69. The van der Waals surface area contributed by atoms with Gasteiger partial charge in [-0.3, -0.25) is 14.9 Å². The standard InChI is InChI=1S/C21H30N4O/c1-15-16(2)24-21(17(3)23-15)12-22-19-8-6-10-25(14-19)13-18-7-5-9-20(11-18)26-4/h5,7,9,11,19,22H,6,8,10,12-14H2,1-4H3. The third-order valence-electron chi connectivity index (χ3n) is 5.18. The number of ether oxygens (including phenoxy) is 1. The van der Waals surface area contributed by atoms with Gasteiger partial charge in [0.15, 0.2) is 0 Å². The molecule has 0 aliphatic carbocycles. The van der Waals surface area contributed by atoms with Crippen molar-refractivity contribution >= 4 is 0 Å². The number of piperidine rings is 1. The molecule has 2 aromatic rings. The zero-order valence-corrected chi connectivity index (χ0v) is 16.4. The zero-order chi connectivity index (χ0) is 18.5. The highest BCUT2D eigenvalue weighted by molar-refractivity contribution is 5.28. The number of rotatable bonds is 6. The van der Waals surface area contributed by atoms with Crippen molar-refractivity contribution in [3.8, 4) is 5.75 Å². The first kappa shape index (κ1) is 18.8. The number of likely N-dealkylation sites (tertiary alicyclic amines) is 1. The molecule has 3 rings (SSSR count). The molecule has 1 aliphatic heterocycles. The predicted molar refractivity (Wildman–Crippen MR) is 104 cm³/mol. The van der Waals surface area contributed by atoms with Crippen LogP contribution in [0.15, 0.2) is 24.3 Å². The lowest BCUT2D eigenvalue weighted by molar-refractivity contribution is 0.182. The highest BCUT2D eigenvalue weighted by Gasteiger charge is 2.20. The number of nitrogens with zero attached hydrogens (tertiary/aromatic N) is 3. The van der Waals surface area contributed by atoms with E-state index >= 15 is 0 Å². The summed E-state index contributed by atoms with van der Waals surface area (Å²) in [6, 6.07) is 8.86. The second kappa shape index (κ2) is 8.60. The Balaban J connectivity index is 1.56. The Kier molecular flexibility index (Phi) is 6.22. The predicted octanol–water partition coefficient (Wildman–Crippen LogP) is 3.16. The quantitative estimate of drug-likeness (QED) is 0.863. The number of aryl methyl sites for hydroxylation is 3. The van der Waals surface area contributed by atoms with Crippen LogP contribution in [0.3, 0.4) is 0 Å². The van der Waals surface area contributed by atoms with Crippen LogP contribution < -0.4 is 10.1 Å². The second-order valence-corrected chi connectivity index (χ2v) is 7.23. The van der Waals surface area contributed by atoms with E-state index in [0.29, 0.717) is 6.04 Å². The summed E-state index contributed by atoms with van der Waals surface area (Å²) < 4.78 is 5.34. The number of benzene rings is 1. The average molecular weight is 354 g/mol. The normalized spacial score (nSPS) is 18.1. The summed E-state index contributed by atoms with van der Waals surface area (Å²) in [6.45, 7) is 10.1. The maximum Gasteiger partial charge on any atom is 0.119 e. The van der Waals surface area contributed by atoms with Crippen molar-refractivity contribution in [3.05, 3.63) is 52.6 Å². The van der Waals surface area contributed by atoms with Crippen LogP contribution in [0.1, 0.15) is 41.2 Å². The van der Waals surface area contributed by atoms with Gasteiger partial charge >= 0.3 is 0 Å². The molecule has 0 amide bonds. The Morgan fingerprint density at radius 2 is 1.96 bits per heavy atom. The summed E-state index contributed by atoms with van der Waals surface area (Å²) in [6.07, 6.45) is 2.44. The van der Waals surface area contributed by atoms with Crippen LogP contribution in [-0.4, -0.2) is 41.1 Å². The molecule has 1 fully saturated rings. The number of nitrogens with one attached hydrogen (secondary N) is 1. The Hall–Kier alpha value is -1.98. The van der Waals surface area contributed by atoms with E-state index < -0.39 is 0 Å². The lowest BCUT2D eigenvalue weighted by atomic mass is 10.0. The molecular weight excluding hydrogens is 324 g/mol. The minimum Gasteiger partial charge on any atom is -0.497 e. The highest BCUT2D eigenvalue weighted by Crippen LogP contribution is 2.18. The fourth-order valence-electron chi connectivity index (χ4n) is 3.56. The number of hydrogen-bond acceptors (Lipinski definition) is 5. The third-order valence-corrected chi connectivity index (χ3v) is 5.18. The smallest absolute Gasteiger partial charge is 0.119 e. The van der Waals surface area contributed by atoms with Crippen molar-refractivity contribution in [1.29, 1.82) is 0 Å². The highest BCUT2D eigenvalue weighted by atomic mass is 16.5. The Bertz CT molecular complexity index is 747. The first-order chi connectivity index (χ1) is 12.5. The van der Waals surface area contributed by atoms with E-state index in [1.54, 1.807) is 7.11 Å². The van der Waals surface area contributed by atoms with E-state index in [9.17, 15) is 0 Å². The van der Waals surface area contributed by atoms with Crippen LogP contribution in [0.2, 0.25) is 0 Å². The molecule has 0 spiro atoms. The molecule has 1 aliphatic rings. The van der Waals surface area contributed by atoms with Crippen molar-refractivity contribution in [2.45, 2.75) is 52.7 Å². The van der Waals surface area contributed by atoms with Crippen molar-refractivity contribution < 1.29 is 4.74 Å². The lowest BCUT2D eigenvalue weighted by Gasteiger charge is -2.33. The van der Waals surface area contributed by atoms with Crippen molar-refractivity contribution in [3.63, 3.8) is 0 Å². The summed E-state index contributed by atoms with van der Waals surface area (Å²) in [5.74, 6) is 0.929. The molecule has 1 aromatic carbocycles. The van der Waals surface area contributed by atoms with Crippen LogP contribution in [0.5, 0.6) is 5.75 Å². The van der Waals surface area contributed by atoms with Gasteiger partial charge in [0.1, 0.15) is 5.75 Å². The van der Waals surface area contributed by atoms with Crippen LogP contribution in [0.25, 0.3) is 0 Å². The van der Waals surface area contributed by atoms with E-state index in [-0.39, 0.29) is 0 Å². The average Bonchev–Trinajstić information content (AvgIpc) is 2.64. The third kappa shape index (κ3) is 4.80. The molecule has 0 radical (unpaired) electrons. The molecular formula is C21H30N4O. The molecule has 1 unspecified atom stereocenters. The maximum atomic E-state index is 5.34. The van der Waals surface area contributed by atoms with E-state index in [4.69, 9.17) is 9.72 Å². The van der Waals surface area contributed by atoms with Gasteiger partial charge in [0.2, 0.25) is 0 Å². The van der Waals surface area contributed by atoms with E-state index in [0.717, 1.165) is 54.7 Å². The minimum absolute atomic E-state index is 0.497. The molecule has 5 nitrogen and oxygen atoms in total. The van der Waals surface area contributed by atoms with Crippen molar-refractivity contribution in [2.24, 2.45) is 0 Å². The van der Waals surface area contributed by atoms with Gasteiger partial charge in [-0.25, -0.2) is 0 Å². The molecule has 1 atom stereocenters. The SMILES string of the molecule is COc1cccc(CN2CCCC(NCc3nc(C)c(C)nc3C)C2)c1. The lowest BCUT2D eigenvalue weighted by Crippen LogP contribution is -2.45. The molecule has 0 bridgehead atoms. The number of hydrogen-bond donors (Lipinski definition) is 1. The van der Waals surface area contributed by atoms with E-state index in [1.807, 2.05) is 26.8 Å². The first-order valence-electron chi connectivity index (χ1n) is 9.44. The molecule has 5 heteroatoms. The van der Waals surface area contributed by atoms with E-state index in [1.165, 1.54) is 18.4 Å². The monoisotopic (exact) mass is 354 g/mol. The summed E-state index contributed by atoms with van der Waals surface area (Å²) in [7, 11) is 1.72. The fourth-order valence-corrected chi connectivity index (χ4v) is 3.56. The van der Waals surface area contributed by atoms with Crippen molar-refractivity contribution in [1.82, 2.24) is 20.2 Å². The zero-order valence-electron chi connectivity index (χ0n) is 16.4. The molecule has 1 N–H and O–H groups in total. The molecule has 1 saturated heterocycles. The number of aromatic nitrogens is 2. The van der Waals surface area contributed by atoms with Crippen LogP contribution in [-0.2, 0) is 13.1 Å². The van der Waals surface area contributed by atoms with Gasteiger partial charge in [-0.1, -0.05) is 12.1 Å². The fraction of sp³-hybridized carbons (Fsp3) is 0.524. The van der Waals surface area contributed by atoms with Gasteiger partial charge in [0, 0.05) is 25.7 Å². The van der Waals surface area contributed by atoms with Crippen molar-refractivity contribution in [2.75, 3.05) is 20.2 Å². The second-order valence-electron chi connectivity index (χ2n) is 7.23. The van der Waals surface area contributed by atoms with Gasteiger partial charge < -0.3 is 10.1 Å². The van der Waals surface area contributed by atoms with Gasteiger partial charge in [0.25, 0.3) is 0 Å². The van der Waals surface area contributed by atoms with Gasteiger partial charge in [0.05, 0.1) is 29.9 Å². The Morgan fingerprint density at radius 1 is 1.15 bits per heavy atom. The molecule has 0 saturated carbocycles. The van der Waals surface area contributed by atoms with E-state index in [2.05, 4.69) is 33.4 Å². The van der Waals surface area contributed by atoms with Crippen LogP contribution in [0, 0.1) is 20.8 Å². The van der Waals surface area contributed by atoms with Crippen LogP contribution in [0.4, 0.5) is 0 Å². The number of methoxy groups -OCH3 is 1. The van der Waals surface area contributed by atoms with Gasteiger partial charge in [-0.05, 0) is 57.9 Å². The molecule has 140 valence electrons. The Morgan fingerprint density at radius 3 is 2.77 bits per heavy atom. The van der Waals surface area contributed by atoms with Gasteiger partial charge in [-0.2, -0.15) is 0 Å². The minimum atomic E-state index is 0.497. The molecule has 2 heterocycles.